The van der Waals surface area contributed by atoms with Crippen molar-refractivity contribution in [3.63, 3.8) is 0 Å². The van der Waals surface area contributed by atoms with Crippen LogP contribution in [0.3, 0.4) is 0 Å². The number of hydrogen-bond acceptors (Lipinski definition) is 4. The van der Waals surface area contributed by atoms with Crippen LogP contribution >= 0.6 is 0 Å². The minimum atomic E-state index is -0.241. The first-order valence-corrected chi connectivity index (χ1v) is 8.76. The number of nitrogens with zero attached hydrogens (tertiary/aromatic N) is 2. The van der Waals surface area contributed by atoms with E-state index in [-0.39, 0.29) is 12.2 Å². The van der Waals surface area contributed by atoms with Gasteiger partial charge in [-0.05, 0) is 35.4 Å². The molecule has 3 aromatic rings. The van der Waals surface area contributed by atoms with Crippen LogP contribution in [0, 0.1) is 0 Å². The minimum absolute atomic E-state index is 0.0940. The molecule has 1 N–H and O–H groups in total. The third-order valence-electron chi connectivity index (χ3n) is 4.92. The molecule has 132 valence electrons. The van der Waals surface area contributed by atoms with Crippen LogP contribution in [0.2, 0.25) is 0 Å². The second-order valence-corrected chi connectivity index (χ2v) is 6.44. The van der Waals surface area contributed by atoms with Crippen molar-refractivity contribution in [3.05, 3.63) is 96.1 Å². The molecule has 2 unspecified atom stereocenters. The highest BCUT2D eigenvalue weighted by molar-refractivity contribution is 5.53. The van der Waals surface area contributed by atoms with E-state index in [0.717, 1.165) is 22.6 Å². The zero-order valence-electron chi connectivity index (χ0n) is 14.7. The number of rotatable bonds is 4. The molecule has 0 bridgehead atoms. The van der Waals surface area contributed by atoms with Crippen molar-refractivity contribution < 1.29 is 9.94 Å². The molecular weight excluding hydrogens is 324 g/mol. The molecule has 1 aliphatic rings. The summed E-state index contributed by atoms with van der Waals surface area (Å²) < 4.78 is 5.28. The summed E-state index contributed by atoms with van der Waals surface area (Å²) in [5.41, 5.74) is 3.22. The van der Waals surface area contributed by atoms with Crippen LogP contribution in [0.5, 0.6) is 5.75 Å². The average Bonchev–Trinajstić information content (AvgIpc) is 3.06. The molecule has 0 radical (unpaired) electrons. The van der Waals surface area contributed by atoms with Crippen LogP contribution in [-0.2, 0) is 0 Å². The lowest BCUT2D eigenvalue weighted by Crippen LogP contribution is -2.29. The summed E-state index contributed by atoms with van der Waals surface area (Å²) in [7, 11) is 1.67. The van der Waals surface area contributed by atoms with Crippen molar-refractivity contribution in [2.75, 3.05) is 18.6 Å². The molecule has 0 spiro atoms. The van der Waals surface area contributed by atoms with Gasteiger partial charge in [0.2, 0.25) is 0 Å². The standard InChI is InChI=1S/C22H22N2O2/c1-26-20-14-12-19(13-15-20)23-16-21(17-8-4-2-5-9-17)24(25)22(23)18-10-6-3-7-11-18/h2-15,21-22,25H,16H2,1H3. The van der Waals surface area contributed by atoms with Gasteiger partial charge in [0.1, 0.15) is 11.9 Å². The van der Waals surface area contributed by atoms with Crippen molar-refractivity contribution in [3.8, 4) is 5.75 Å². The quantitative estimate of drug-likeness (QED) is 0.746. The Morgan fingerprint density at radius 2 is 1.38 bits per heavy atom. The van der Waals surface area contributed by atoms with Crippen LogP contribution in [0.1, 0.15) is 23.3 Å². The molecule has 4 heteroatoms. The Labute approximate surface area is 153 Å². The number of benzene rings is 3. The molecule has 0 aromatic heterocycles. The van der Waals surface area contributed by atoms with E-state index >= 15 is 0 Å². The van der Waals surface area contributed by atoms with E-state index in [0.29, 0.717) is 6.54 Å². The molecule has 2 atom stereocenters. The average molecular weight is 346 g/mol. The highest BCUT2D eigenvalue weighted by Crippen LogP contribution is 2.42. The highest BCUT2D eigenvalue weighted by atomic mass is 16.5. The van der Waals surface area contributed by atoms with Gasteiger partial charge in [-0.1, -0.05) is 60.7 Å². The lowest BCUT2D eigenvalue weighted by atomic mass is 10.1. The van der Waals surface area contributed by atoms with Gasteiger partial charge in [-0.2, -0.15) is 5.06 Å². The molecule has 1 saturated heterocycles. The Bertz CT molecular complexity index is 837. The predicted molar refractivity (Wildman–Crippen MR) is 102 cm³/mol. The summed E-state index contributed by atoms with van der Waals surface area (Å²) in [5, 5.41) is 12.5. The maximum absolute atomic E-state index is 11.1. The summed E-state index contributed by atoms with van der Waals surface area (Å²) in [5.74, 6) is 0.824. The fourth-order valence-corrected chi connectivity index (χ4v) is 3.59. The van der Waals surface area contributed by atoms with E-state index in [1.54, 1.807) is 7.11 Å². The maximum Gasteiger partial charge on any atom is 0.132 e. The van der Waals surface area contributed by atoms with Gasteiger partial charge in [0, 0.05) is 12.2 Å². The van der Waals surface area contributed by atoms with Crippen molar-refractivity contribution in [2.45, 2.75) is 12.2 Å². The number of methoxy groups -OCH3 is 1. The smallest absolute Gasteiger partial charge is 0.132 e. The van der Waals surface area contributed by atoms with Crippen LogP contribution < -0.4 is 9.64 Å². The first kappa shape index (κ1) is 16.6. The summed E-state index contributed by atoms with van der Waals surface area (Å²) in [6, 6.07) is 28.1. The molecule has 3 aromatic carbocycles. The van der Waals surface area contributed by atoms with Crippen molar-refractivity contribution in [1.29, 1.82) is 0 Å². The first-order chi connectivity index (χ1) is 12.8. The van der Waals surface area contributed by atoms with E-state index in [9.17, 15) is 5.21 Å². The molecule has 26 heavy (non-hydrogen) atoms. The van der Waals surface area contributed by atoms with E-state index in [2.05, 4.69) is 29.2 Å². The molecule has 1 aliphatic heterocycles. The molecule has 0 aliphatic carbocycles. The fourth-order valence-electron chi connectivity index (χ4n) is 3.59. The Hall–Kier alpha value is -2.82. The lowest BCUT2D eigenvalue weighted by molar-refractivity contribution is -0.135. The lowest BCUT2D eigenvalue weighted by Gasteiger charge is -2.29. The zero-order valence-corrected chi connectivity index (χ0v) is 14.7. The van der Waals surface area contributed by atoms with Crippen LogP contribution in [-0.4, -0.2) is 23.9 Å². The Morgan fingerprint density at radius 3 is 1.96 bits per heavy atom. The van der Waals surface area contributed by atoms with Crippen molar-refractivity contribution >= 4 is 5.69 Å². The molecule has 0 saturated carbocycles. The molecular formula is C22H22N2O2. The van der Waals surface area contributed by atoms with Gasteiger partial charge in [-0.3, -0.25) is 0 Å². The summed E-state index contributed by atoms with van der Waals surface area (Å²) >= 11 is 0. The third kappa shape index (κ3) is 3.05. The summed E-state index contributed by atoms with van der Waals surface area (Å²) in [6.45, 7) is 0.701. The van der Waals surface area contributed by atoms with Crippen LogP contribution in [0.4, 0.5) is 5.69 Å². The van der Waals surface area contributed by atoms with Crippen LogP contribution in [0.15, 0.2) is 84.9 Å². The van der Waals surface area contributed by atoms with E-state index in [1.165, 1.54) is 5.06 Å². The van der Waals surface area contributed by atoms with Gasteiger partial charge in [0.25, 0.3) is 0 Å². The van der Waals surface area contributed by atoms with Crippen LogP contribution in [0.25, 0.3) is 0 Å². The number of hydrogen-bond donors (Lipinski definition) is 1. The number of hydroxylamine groups is 2. The van der Waals surface area contributed by atoms with Gasteiger partial charge < -0.3 is 14.8 Å². The topological polar surface area (TPSA) is 35.9 Å². The second-order valence-electron chi connectivity index (χ2n) is 6.44. The first-order valence-electron chi connectivity index (χ1n) is 8.76. The second kappa shape index (κ2) is 7.20. The minimum Gasteiger partial charge on any atom is -0.497 e. The van der Waals surface area contributed by atoms with Gasteiger partial charge in [0.05, 0.1) is 13.2 Å². The van der Waals surface area contributed by atoms with E-state index < -0.39 is 0 Å². The summed E-state index contributed by atoms with van der Waals surface area (Å²) in [6.07, 6.45) is -0.241. The largest absolute Gasteiger partial charge is 0.497 e. The monoisotopic (exact) mass is 346 g/mol. The Morgan fingerprint density at radius 1 is 0.808 bits per heavy atom. The fraction of sp³-hybridized carbons (Fsp3) is 0.182. The third-order valence-corrected chi connectivity index (χ3v) is 4.92. The van der Waals surface area contributed by atoms with Crippen molar-refractivity contribution in [2.24, 2.45) is 0 Å². The van der Waals surface area contributed by atoms with E-state index in [4.69, 9.17) is 4.74 Å². The van der Waals surface area contributed by atoms with E-state index in [1.807, 2.05) is 60.7 Å². The molecule has 4 nitrogen and oxygen atoms in total. The number of anilines is 1. The van der Waals surface area contributed by atoms with Gasteiger partial charge >= 0.3 is 0 Å². The van der Waals surface area contributed by atoms with Gasteiger partial charge in [-0.15, -0.1) is 0 Å². The Kier molecular flexibility index (Phi) is 4.61. The van der Waals surface area contributed by atoms with Gasteiger partial charge in [-0.25, -0.2) is 0 Å². The summed E-state index contributed by atoms with van der Waals surface area (Å²) in [4.78, 5) is 2.23. The predicted octanol–water partition coefficient (Wildman–Crippen LogP) is 4.65. The highest BCUT2D eigenvalue weighted by Gasteiger charge is 2.40. The number of ether oxygens (including phenoxy) is 1. The van der Waals surface area contributed by atoms with Gasteiger partial charge in [0.15, 0.2) is 0 Å². The zero-order chi connectivity index (χ0) is 17.9. The SMILES string of the molecule is COc1ccc(N2CC(c3ccccc3)N(O)C2c2ccccc2)cc1. The Balaban J connectivity index is 1.73. The molecule has 1 heterocycles. The van der Waals surface area contributed by atoms with Crippen molar-refractivity contribution in [1.82, 2.24) is 5.06 Å². The maximum atomic E-state index is 11.1. The normalized spacial score (nSPS) is 20.3. The molecule has 1 fully saturated rings. The molecule has 4 rings (SSSR count). The molecule has 0 amide bonds.